The molecule has 1 rings (SSSR count). The molecule has 1 saturated heterocycles. The predicted octanol–water partition coefficient (Wildman–Crippen LogP) is 2.32. The number of rotatable bonds is 4. The standard InChI is InChI=1S/C14H28N2O/c1-11(5-8-14(2,3)4)16-13(17)12-6-9-15-10-7-12/h11-12,15H,5-10H2,1-4H3,(H,16,17). The van der Waals surface area contributed by atoms with Crippen LogP contribution in [-0.4, -0.2) is 25.0 Å². The second kappa shape index (κ2) is 6.39. The van der Waals surface area contributed by atoms with Crippen molar-refractivity contribution < 1.29 is 4.79 Å². The Hall–Kier alpha value is -0.570. The van der Waals surface area contributed by atoms with Crippen molar-refractivity contribution in [2.45, 2.75) is 59.4 Å². The first-order chi connectivity index (χ1) is 7.88. The van der Waals surface area contributed by atoms with Crippen LogP contribution in [-0.2, 0) is 4.79 Å². The molecule has 1 atom stereocenters. The minimum Gasteiger partial charge on any atom is -0.353 e. The Morgan fingerprint density at radius 3 is 2.47 bits per heavy atom. The van der Waals surface area contributed by atoms with Crippen LogP contribution in [0, 0.1) is 11.3 Å². The van der Waals surface area contributed by atoms with Crippen molar-refractivity contribution in [1.29, 1.82) is 0 Å². The van der Waals surface area contributed by atoms with Crippen molar-refractivity contribution in [3.8, 4) is 0 Å². The Labute approximate surface area is 106 Å². The lowest BCUT2D eigenvalue weighted by atomic mass is 9.89. The smallest absolute Gasteiger partial charge is 0.223 e. The van der Waals surface area contributed by atoms with E-state index in [-0.39, 0.29) is 11.8 Å². The molecule has 0 bridgehead atoms. The van der Waals surface area contributed by atoms with E-state index in [1.54, 1.807) is 0 Å². The van der Waals surface area contributed by atoms with Crippen LogP contribution in [0.1, 0.15) is 53.4 Å². The third-order valence-corrected chi connectivity index (χ3v) is 3.43. The second-order valence-corrected chi connectivity index (χ2v) is 6.53. The first-order valence-corrected chi connectivity index (χ1v) is 6.89. The van der Waals surface area contributed by atoms with Gasteiger partial charge < -0.3 is 10.6 Å². The molecule has 0 aromatic rings. The zero-order valence-corrected chi connectivity index (χ0v) is 11.8. The van der Waals surface area contributed by atoms with Gasteiger partial charge in [-0.05, 0) is 51.1 Å². The molecule has 1 aliphatic rings. The van der Waals surface area contributed by atoms with Gasteiger partial charge in [0.2, 0.25) is 5.91 Å². The van der Waals surface area contributed by atoms with Crippen LogP contribution in [0.25, 0.3) is 0 Å². The van der Waals surface area contributed by atoms with E-state index < -0.39 is 0 Å². The van der Waals surface area contributed by atoms with E-state index in [1.807, 2.05) is 0 Å². The van der Waals surface area contributed by atoms with Crippen LogP contribution in [0.4, 0.5) is 0 Å². The molecule has 3 heteroatoms. The van der Waals surface area contributed by atoms with Gasteiger partial charge in [-0.2, -0.15) is 0 Å². The molecule has 2 N–H and O–H groups in total. The fourth-order valence-electron chi connectivity index (χ4n) is 2.17. The van der Waals surface area contributed by atoms with E-state index in [1.165, 1.54) is 0 Å². The molecule has 17 heavy (non-hydrogen) atoms. The van der Waals surface area contributed by atoms with Gasteiger partial charge in [-0.3, -0.25) is 4.79 Å². The first kappa shape index (κ1) is 14.5. The van der Waals surface area contributed by atoms with Gasteiger partial charge in [0.05, 0.1) is 0 Å². The molecule has 100 valence electrons. The second-order valence-electron chi connectivity index (χ2n) is 6.53. The molecular formula is C14H28N2O. The lowest BCUT2D eigenvalue weighted by Crippen LogP contribution is -2.41. The Morgan fingerprint density at radius 2 is 1.94 bits per heavy atom. The normalized spacial score (nSPS) is 20.0. The lowest BCUT2D eigenvalue weighted by molar-refractivity contribution is -0.126. The predicted molar refractivity (Wildman–Crippen MR) is 71.9 cm³/mol. The topological polar surface area (TPSA) is 41.1 Å². The third kappa shape index (κ3) is 6.06. The third-order valence-electron chi connectivity index (χ3n) is 3.43. The van der Waals surface area contributed by atoms with E-state index >= 15 is 0 Å². The van der Waals surface area contributed by atoms with Crippen LogP contribution in [0.3, 0.4) is 0 Å². The molecule has 0 aromatic heterocycles. The molecule has 0 saturated carbocycles. The molecule has 1 heterocycles. The molecule has 1 fully saturated rings. The van der Waals surface area contributed by atoms with Crippen LogP contribution in [0.15, 0.2) is 0 Å². The zero-order chi connectivity index (χ0) is 12.9. The van der Waals surface area contributed by atoms with Crippen molar-refractivity contribution in [2.75, 3.05) is 13.1 Å². The van der Waals surface area contributed by atoms with Crippen molar-refractivity contribution in [3.63, 3.8) is 0 Å². The average molecular weight is 240 g/mol. The number of nitrogens with one attached hydrogen (secondary N) is 2. The minimum atomic E-state index is 0.230. The number of hydrogen-bond donors (Lipinski definition) is 2. The largest absolute Gasteiger partial charge is 0.353 e. The van der Waals surface area contributed by atoms with Gasteiger partial charge in [0.1, 0.15) is 0 Å². The van der Waals surface area contributed by atoms with Gasteiger partial charge in [-0.1, -0.05) is 20.8 Å². The maximum Gasteiger partial charge on any atom is 0.223 e. The quantitative estimate of drug-likeness (QED) is 0.792. The zero-order valence-electron chi connectivity index (χ0n) is 11.8. The van der Waals surface area contributed by atoms with Crippen LogP contribution in [0.5, 0.6) is 0 Å². The summed E-state index contributed by atoms with van der Waals surface area (Å²) in [6, 6.07) is 0.302. The number of hydrogen-bond acceptors (Lipinski definition) is 2. The summed E-state index contributed by atoms with van der Waals surface area (Å²) in [6.07, 6.45) is 4.19. The molecule has 1 unspecified atom stereocenters. The SMILES string of the molecule is CC(CCC(C)(C)C)NC(=O)C1CCNCC1. The van der Waals surface area contributed by atoms with E-state index in [4.69, 9.17) is 0 Å². The van der Waals surface area contributed by atoms with Gasteiger partial charge in [-0.25, -0.2) is 0 Å². The van der Waals surface area contributed by atoms with E-state index in [2.05, 4.69) is 38.3 Å². The molecule has 0 spiro atoms. The Morgan fingerprint density at radius 1 is 1.35 bits per heavy atom. The molecule has 1 amide bonds. The number of carbonyl (C=O) groups is 1. The van der Waals surface area contributed by atoms with Gasteiger partial charge in [0.25, 0.3) is 0 Å². The lowest BCUT2D eigenvalue weighted by Gasteiger charge is -2.25. The Bertz CT molecular complexity index is 239. The first-order valence-electron chi connectivity index (χ1n) is 6.89. The van der Waals surface area contributed by atoms with Gasteiger partial charge >= 0.3 is 0 Å². The monoisotopic (exact) mass is 240 g/mol. The summed E-state index contributed by atoms with van der Waals surface area (Å²) < 4.78 is 0. The van der Waals surface area contributed by atoms with Crippen LogP contribution >= 0.6 is 0 Å². The van der Waals surface area contributed by atoms with Crippen LogP contribution < -0.4 is 10.6 Å². The maximum atomic E-state index is 12.0. The van der Waals surface area contributed by atoms with Crippen molar-refractivity contribution in [2.24, 2.45) is 11.3 Å². The molecule has 0 radical (unpaired) electrons. The number of piperidine rings is 1. The number of carbonyl (C=O) groups excluding carboxylic acids is 1. The fourth-order valence-corrected chi connectivity index (χ4v) is 2.17. The summed E-state index contributed by atoms with van der Waals surface area (Å²) in [5, 5.41) is 6.44. The molecule has 1 aliphatic heterocycles. The highest BCUT2D eigenvalue weighted by Crippen LogP contribution is 2.21. The van der Waals surface area contributed by atoms with E-state index in [0.29, 0.717) is 11.5 Å². The highest BCUT2D eigenvalue weighted by molar-refractivity contribution is 5.79. The molecule has 0 aliphatic carbocycles. The van der Waals surface area contributed by atoms with Crippen LogP contribution in [0.2, 0.25) is 0 Å². The Balaban J connectivity index is 2.25. The summed E-state index contributed by atoms with van der Waals surface area (Å²) in [5.74, 6) is 0.487. The summed E-state index contributed by atoms with van der Waals surface area (Å²) in [7, 11) is 0. The van der Waals surface area contributed by atoms with Crippen molar-refractivity contribution >= 4 is 5.91 Å². The molecular weight excluding hydrogens is 212 g/mol. The summed E-state index contributed by atoms with van der Waals surface area (Å²) in [6.45, 7) is 10.8. The highest BCUT2D eigenvalue weighted by atomic mass is 16.1. The Kier molecular flexibility index (Phi) is 5.44. The summed E-state index contributed by atoms with van der Waals surface area (Å²) >= 11 is 0. The fraction of sp³-hybridized carbons (Fsp3) is 0.929. The number of amides is 1. The van der Waals surface area contributed by atoms with Crippen molar-refractivity contribution in [1.82, 2.24) is 10.6 Å². The van der Waals surface area contributed by atoms with E-state index in [0.717, 1.165) is 38.8 Å². The summed E-state index contributed by atoms with van der Waals surface area (Å²) in [5.41, 5.74) is 0.355. The summed E-state index contributed by atoms with van der Waals surface area (Å²) in [4.78, 5) is 12.0. The van der Waals surface area contributed by atoms with Gasteiger partial charge in [0, 0.05) is 12.0 Å². The van der Waals surface area contributed by atoms with Gasteiger partial charge in [-0.15, -0.1) is 0 Å². The van der Waals surface area contributed by atoms with Gasteiger partial charge in [0.15, 0.2) is 0 Å². The molecule has 3 nitrogen and oxygen atoms in total. The average Bonchev–Trinajstić information content (AvgIpc) is 2.27. The maximum absolute atomic E-state index is 12.0. The van der Waals surface area contributed by atoms with E-state index in [9.17, 15) is 4.79 Å². The molecule has 0 aromatic carbocycles. The minimum absolute atomic E-state index is 0.230. The highest BCUT2D eigenvalue weighted by Gasteiger charge is 2.22. The van der Waals surface area contributed by atoms with Crippen molar-refractivity contribution in [3.05, 3.63) is 0 Å².